The van der Waals surface area contributed by atoms with Gasteiger partial charge in [0, 0.05) is 17.0 Å². The topological polar surface area (TPSA) is 26.0 Å². The molecule has 3 rings (SSSR count). The number of nitrogens with zero attached hydrogens (tertiary/aromatic N) is 1. The molecule has 0 aliphatic heterocycles. The number of aromatic nitrogens is 1. The minimum atomic E-state index is 0.730. The molecule has 0 radical (unpaired) electrons. The summed E-state index contributed by atoms with van der Waals surface area (Å²) >= 11 is 1.73. The molecule has 0 saturated heterocycles. The average molecular weight is 189 g/mol. The lowest BCUT2D eigenvalue weighted by atomic mass is 10.2. The first-order valence-electron chi connectivity index (χ1n) is 4.08. The summed E-state index contributed by atoms with van der Waals surface area (Å²) in [4.78, 5) is 4.35. The molecule has 0 saturated carbocycles. The van der Waals surface area contributed by atoms with E-state index in [0.717, 1.165) is 17.0 Å². The van der Waals surface area contributed by atoms with Crippen LogP contribution >= 0.6 is 11.3 Å². The molecule has 0 N–H and O–H groups in total. The zero-order valence-corrected chi connectivity index (χ0v) is 7.89. The van der Waals surface area contributed by atoms with Crippen molar-refractivity contribution in [2.24, 2.45) is 0 Å². The van der Waals surface area contributed by atoms with Gasteiger partial charge in [-0.25, -0.2) is 4.98 Å². The molecule has 2 nitrogen and oxygen atoms in total. The van der Waals surface area contributed by atoms with Crippen molar-refractivity contribution in [1.29, 1.82) is 0 Å². The summed E-state index contributed by atoms with van der Waals surface area (Å²) in [5.74, 6) is 0.730. The number of hydrogen-bond donors (Lipinski definition) is 0. The van der Waals surface area contributed by atoms with Gasteiger partial charge in [0.2, 0.25) is 0 Å². The minimum Gasteiger partial charge on any atom is -0.441 e. The first-order valence-corrected chi connectivity index (χ1v) is 4.96. The van der Waals surface area contributed by atoms with Crippen molar-refractivity contribution >= 4 is 32.5 Å². The van der Waals surface area contributed by atoms with Crippen LogP contribution in [-0.4, -0.2) is 4.98 Å². The first kappa shape index (κ1) is 7.09. The molecule has 2 aromatic heterocycles. The molecule has 0 atom stereocenters. The Morgan fingerprint density at radius 2 is 2.23 bits per heavy atom. The van der Waals surface area contributed by atoms with Crippen molar-refractivity contribution in [3.8, 4) is 0 Å². The molecule has 0 aliphatic rings. The maximum atomic E-state index is 5.44. The molecule has 1 aromatic carbocycles. The molecular weight excluding hydrogens is 182 g/mol. The second-order valence-electron chi connectivity index (χ2n) is 2.98. The van der Waals surface area contributed by atoms with Gasteiger partial charge in [0.1, 0.15) is 5.52 Å². The lowest BCUT2D eigenvalue weighted by Gasteiger charge is -1.87. The highest BCUT2D eigenvalue weighted by atomic mass is 32.1. The van der Waals surface area contributed by atoms with E-state index in [2.05, 4.69) is 22.5 Å². The molecule has 0 amide bonds. The van der Waals surface area contributed by atoms with E-state index in [4.69, 9.17) is 4.42 Å². The standard InChI is InChI=1S/C10H7NOS/c1-6-11-10-7-4-5-13-9(7)3-2-8(10)12-6/h2-5H,1H3. The maximum Gasteiger partial charge on any atom is 0.192 e. The molecule has 0 unspecified atom stereocenters. The summed E-state index contributed by atoms with van der Waals surface area (Å²) in [7, 11) is 0. The molecule has 0 spiro atoms. The predicted octanol–water partition coefficient (Wildman–Crippen LogP) is 3.35. The number of oxazole rings is 1. The quantitative estimate of drug-likeness (QED) is 0.542. The minimum absolute atomic E-state index is 0.730. The normalized spacial score (nSPS) is 11.5. The highest BCUT2D eigenvalue weighted by Gasteiger charge is 2.06. The third kappa shape index (κ3) is 0.906. The Balaban J connectivity index is 2.64. The van der Waals surface area contributed by atoms with Gasteiger partial charge in [-0.3, -0.25) is 0 Å². The number of benzene rings is 1. The second kappa shape index (κ2) is 2.33. The largest absolute Gasteiger partial charge is 0.441 e. The smallest absolute Gasteiger partial charge is 0.192 e. The van der Waals surface area contributed by atoms with E-state index in [1.807, 2.05) is 13.0 Å². The first-order chi connectivity index (χ1) is 6.34. The Hall–Kier alpha value is -1.35. The van der Waals surface area contributed by atoms with E-state index in [9.17, 15) is 0 Å². The van der Waals surface area contributed by atoms with Crippen molar-refractivity contribution in [1.82, 2.24) is 4.98 Å². The van der Waals surface area contributed by atoms with Crippen molar-refractivity contribution in [3.05, 3.63) is 29.5 Å². The third-order valence-corrected chi connectivity index (χ3v) is 2.98. The van der Waals surface area contributed by atoms with Crippen LogP contribution in [0, 0.1) is 6.92 Å². The number of rotatable bonds is 0. The van der Waals surface area contributed by atoms with E-state index in [1.54, 1.807) is 11.3 Å². The molecule has 3 heteroatoms. The molecule has 0 bridgehead atoms. The van der Waals surface area contributed by atoms with E-state index in [-0.39, 0.29) is 0 Å². The fourth-order valence-electron chi connectivity index (χ4n) is 1.55. The van der Waals surface area contributed by atoms with Gasteiger partial charge >= 0.3 is 0 Å². The highest BCUT2D eigenvalue weighted by Crippen LogP contribution is 2.28. The lowest BCUT2D eigenvalue weighted by Crippen LogP contribution is -1.69. The lowest BCUT2D eigenvalue weighted by molar-refractivity contribution is 0.561. The maximum absolute atomic E-state index is 5.44. The van der Waals surface area contributed by atoms with Gasteiger partial charge in [0.05, 0.1) is 0 Å². The number of hydrogen-bond acceptors (Lipinski definition) is 3. The van der Waals surface area contributed by atoms with E-state index in [0.29, 0.717) is 0 Å². The highest BCUT2D eigenvalue weighted by molar-refractivity contribution is 7.17. The molecule has 0 fully saturated rings. The Morgan fingerprint density at radius 3 is 3.15 bits per heavy atom. The summed E-state index contributed by atoms with van der Waals surface area (Å²) in [5.41, 5.74) is 1.86. The third-order valence-electron chi connectivity index (χ3n) is 2.10. The summed E-state index contributed by atoms with van der Waals surface area (Å²) in [5, 5.41) is 3.27. The van der Waals surface area contributed by atoms with Gasteiger partial charge < -0.3 is 4.42 Å². The second-order valence-corrected chi connectivity index (χ2v) is 3.93. The van der Waals surface area contributed by atoms with Crippen molar-refractivity contribution in [2.75, 3.05) is 0 Å². The molecule has 3 aromatic rings. The summed E-state index contributed by atoms with van der Waals surface area (Å²) < 4.78 is 6.70. The Bertz CT molecular complexity index is 579. The summed E-state index contributed by atoms with van der Waals surface area (Å²) in [6.45, 7) is 1.87. The van der Waals surface area contributed by atoms with Crippen LogP contribution in [0.25, 0.3) is 21.2 Å². The Labute approximate surface area is 78.8 Å². The van der Waals surface area contributed by atoms with Crippen LogP contribution in [0.15, 0.2) is 28.0 Å². The molecular formula is C10H7NOS. The van der Waals surface area contributed by atoms with Gasteiger partial charge in [-0.2, -0.15) is 0 Å². The zero-order chi connectivity index (χ0) is 8.84. The van der Waals surface area contributed by atoms with Gasteiger partial charge in [-0.05, 0) is 23.6 Å². The fraction of sp³-hybridized carbons (Fsp3) is 0.100. The monoisotopic (exact) mass is 189 g/mol. The van der Waals surface area contributed by atoms with Crippen molar-refractivity contribution in [2.45, 2.75) is 6.92 Å². The van der Waals surface area contributed by atoms with Crippen LogP contribution in [-0.2, 0) is 0 Å². The van der Waals surface area contributed by atoms with E-state index in [1.165, 1.54) is 10.1 Å². The number of thiophene rings is 1. The van der Waals surface area contributed by atoms with Gasteiger partial charge in [-0.15, -0.1) is 11.3 Å². The fourth-order valence-corrected chi connectivity index (χ4v) is 2.33. The molecule has 0 aliphatic carbocycles. The molecule has 13 heavy (non-hydrogen) atoms. The van der Waals surface area contributed by atoms with E-state index >= 15 is 0 Å². The molecule has 2 heterocycles. The number of aryl methyl sites for hydroxylation is 1. The molecule has 64 valence electrons. The van der Waals surface area contributed by atoms with Gasteiger partial charge in [-0.1, -0.05) is 0 Å². The zero-order valence-electron chi connectivity index (χ0n) is 7.07. The van der Waals surface area contributed by atoms with Gasteiger partial charge in [0.15, 0.2) is 11.5 Å². The van der Waals surface area contributed by atoms with Crippen molar-refractivity contribution in [3.63, 3.8) is 0 Å². The Morgan fingerprint density at radius 1 is 1.31 bits per heavy atom. The Kier molecular flexibility index (Phi) is 1.27. The van der Waals surface area contributed by atoms with E-state index < -0.39 is 0 Å². The van der Waals surface area contributed by atoms with Crippen LogP contribution in [0.1, 0.15) is 5.89 Å². The van der Waals surface area contributed by atoms with Crippen LogP contribution in [0.3, 0.4) is 0 Å². The van der Waals surface area contributed by atoms with Crippen LogP contribution in [0.5, 0.6) is 0 Å². The van der Waals surface area contributed by atoms with Crippen LogP contribution < -0.4 is 0 Å². The SMILES string of the molecule is Cc1nc2c(ccc3sccc32)o1. The van der Waals surface area contributed by atoms with Crippen molar-refractivity contribution < 1.29 is 4.42 Å². The van der Waals surface area contributed by atoms with Gasteiger partial charge in [0.25, 0.3) is 0 Å². The summed E-state index contributed by atoms with van der Waals surface area (Å²) in [6, 6.07) is 6.14. The van der Waals surface area contributed by atoms with Crippen LogP contribution in [0.4, 0.5) is 0 Å². The predicted molar refractivity (Wildman–Crippen MR) is 54.1 cm³/mol. The number of fused-ring (bicyclic) bond motifs is 3. The van der Waals surface area contributed by atoms with Crippen LogP contribution in [0.2, 0.25) is 0 Å². The summed E-state index contributed by atoms with van der Waals surface area (Å²) in [6.07, 6.45) is 0. The average Bonchev–Trinajstić information content (AvgIpc) is 2.65.